The second-order valence-corrected chi connectivity index (χ2v) is 11.8. The highest BCUT2D eigenvalue weighted by atomic mass is 32.1. The smallest absolute Gasteiger partial charge is 0.254 e. The molecule has 218 valence electrons. The lowest BCUT2D eigenvalue weighted by atomic mass is 9.72. The molecular formula is C32H39N3O5S. The first kappa shape index (κ1) is 29.0. The van der Waals surface area contributed by atoms with Crippen molar-refractivity contribution in [3.63, 3.8) is 0 Å². The molecule has 2 fully saturated rings. The van der Waals surface area contributed by atoms with Gasteiger partial charge in [0.25, 0.3) is 5.91 Å². The highest BCUT2D eigenvalue weighted by molar-refractivity contribution is 7.10. The van der Waals surface area contributed by atoms with Crippen LogP contribution < -0.4 is 24.8 Å². The van der Waals surface area contributed by atoms with Gasteiger partial charge in [0.1, 0.15) is 0 Å². The maximum Gasteiger partial charge on any atom is 0.254 e. The molecule has 1 atom stereocenters. The Bertz CT molecular complexity index is 1320. The number of piperidine rings is 1. The van der Waals surface area contributed by atoms with Crippen LogP contribution in [0, 0.1) is 0 Å². The molecule has 0 radical (unpaired) electrons. The quantitative estimate of drug-likeness (QED) is 0.372. The fourth-order valence-electron chi connectivity index (χ4n) is 6.38. The molecule has 0 saturated carbocycles. The lowest BCUT2D eigenvalue weighted by Gasteiger charge is -2.37. The van der Waals surface area contributed by atoms with E-state index >= 15 is 0 Å². The first-order valence-corrected chi connectivity index (χ1v) is 15.0. The Hall–Kier alpha value is -3.56. The molecule has 0 aliphatic carbocycles. The summed E-state index contributed by atoms with van der Waals surface area (Å²) in [5.74, 6) is 1.37. The van der Waals surface area contributed by atoms with Crippen LogP contribution in [0.4, 0.5) is 0 Å². The summed E-state index contributed by atoms with van der Waals surface area (Å²) < 4.78 is 16.4. The van der Waals surface area contributed by atoms with E-state index in [0.717, 1.165) is 44.3 Å². The van der Waals surface area contributed by atoms with Crippen molar-refractivity contribution in [1.82, 2.24) is 15.5 Å². The molecule has 0 bridgehead atoms. The molecule has 5 rings (SSSR count). The molecule has 3 heterocycles. The Morgan fingerprint density at radius 3 is 2.27 bits per heavy atom. The summed E-state index contributed by atoms with van der Waals surface area (Å²) in [6.45, 7) is 3.39. The first-order chi connectivity index (χ1) is 20.0. The average Bonchev–Trinajstić information content (AvgIpc) is 3.72. The van der Waals surface area contributed by atoms with Gasteiger partial charge in [-0.1, -0.05) is 36.4 Å². The summed E-state index contributed by atoms with van der Waals surface area (Å²) in [4.78, 5) is 30.7. The fourth-order valence-corrected chi connectivity index (χ4v) is 7.36. The van der Waals surface area contributed by atoms with Crippen molar-refractivity contribution >= 4 is 23.2 Å². The van der Waals surface area contributed by atoms with Crippen LogP contribution in [-0.2, 0) is 15.6 Å². The SMILES string of the molecule is COc1cc(C(=O)N2CCC(CCNC(=O)C3(c4ccccc4)CCNCC3)(c3cccs3)C2)cc(OC)c1OC. The molecule has 9 heteroatoms. The Morgan fingerprint density at radius 2 is 1.66 bits per heavy atom. The largest absolute Gasteiger partial charge is 0.493 e. The Labute approximate surface area is 246 Å². The van der Waals surface area contributed by atoms with Gasteiger partial charge in [-0.15, -0.1) is 11.3 Å². The standard InChI is InChI=1S/C32H39N3O5S/c1-38-25-20-23(21-26(39-2)28(25)40-3)29(36)35-18-14-31(22-35,27-10-7-19-41-27)11-17-34-30(37)32(12-15-33-16-13-32)24-8-5-4-6-9-24/h4-10,19-21,33H,11-18,22H2,1-3H3,(H,34,37). The van der Waals surface area contributed by atoms with Crippen LogP contribution in [0.3, 0.4) is 0 Å². The van der Waals surface area contributed by atoms with Crippen LogP contribution in [0.5, 0.6) is 17.2 Å². The summed E-state index contributed by atoms with van der Waals surface area (Å²) in [5, 5.41) is 8.79. The van der Waals surface area contributed by atoms with E-state index in [-0.39, 0.29) is 17.2 Å². The summed E-state index contributed by atoms with van der Waals surface area (Å²) >= 11 is 1.71. The molecular weight excluding hydrogens is 538 g/mol. The number of amides is 2. The van der Waals surface area contributed by atoms with Gasteiger partial charge in [0, 0.05) is 35.5 Å². The minimum atomic E-state index is -0.521. The van der Waals surface area contributed by atoms with Crippen molar-refractivity contribution in [2.45, 2.75) is 36.5 Å². The average molecular weight is 578 g/mol. The Kier molecular flexibility index (Phi) is 8.85. The predicted octanol–water partition coefficient (Wildman–Crippen LogP) is 4.39. The number of rotatable bonds is 10. The monoisotopic (exact) mass is 577 g/mol. The number of carbonyl (C=O) groups is 2. The lowest BCUT2D eigenvalue weighted by molar-refractivity contribution is -0.127. The van der Waals surface area contributed by atoms with Crippen LogP contribution >= 0.6 is 11.3 Å². The summed E-state index contributed by atoms with van der Waals surface area (Å²) in [7, 11) is 4.63. The first-order valence-electron chi connectivity index (χ1n) is 14.1. The number of nitrogens with one attached hydrogen (secondary N) is 2. The molecule has 0 spiro atoms. The molecule has 1 unspecified atom stereocenters. The lowest BCUT2D eigenvalue weighted by Crippen LogP contribution is -2.51. The number of likely N-dealkylation sites (tertiary alicyclic amines) is 1. The van der Waals surface area contributed by atoms with E-state index in [9.17, 15) is 9.59 Å². The molecule has 2 amide bonds. The Balaban J connectivity index is 1.33. The van der Waals surface area contributed by atoms with Crippen molar-refractivity contribution in [3.8, 4) is 17.2 Å². The second kappa shape index (κ2) is 12.5. The topological polar surface area (TPSA) is 89.1 Å². The molecule has 2 aromatic carbocycles. The van der Waals surface area contributed by atoms with Crippen molar-refractivity contribution in [2.24, 2.45) is 0 Å². The third-order valence-electron chi connectivity index (χ3n) is 8.70. The number of thiophene rings is 1. The van der Waals surface area contributed by atoms with E-state index in [0.29, 0.717) is 42.4 Å². The van der Waals surface area contributed by atoms with Crippen molar-refractivity contribution in [3.05, 3.63) is 76.0 Å². The van der Waals surface area contributed by atoms with Crippen LogP contribution in [0.25, 0.3) is 0 Å². The number of hydrogen-bond acceptors (Lipinski definition) is 7. The zero-order chi connectivity index (χ0) is 28.9. The number of nitrogens with zero attached hydrogens (tertiary/aromatic N) is 1. The van der Waals surface area contributed by atoms with E-state index in [1.54, 1.807) is 44.8 Å². The third-order valence-corrected chi connectivity index (χ3v) is 9.82. The van der Waals surface area contributed by atoms with Gasteiger partial charge in [-0.3, -0.25) is 9.59 Å². The number of carbonyl (C=O) groups excluding carboxylic acids is 2. The highest BCUT2D eigenvalue weighted by Gasteiger charge is 2.44. The van der Waals surface area contributed by atoms with Crippen molar-refractivity contribution in [1.29, 1.82) is 0 Å². The van der Waals surface area contributed by atoms with Gasteiger partial charge in [-0.25, -0.2) is 0 Å². The minimum absolute atomic E-state index is 0.0792. The van der Waals surface area contributed by atoms with Gasteiger partial charge < -0.3 is 29.7 Å². The molecule has 2 N–H and O–H groups in total. The van der Waals surface area contributed by atoms with E-state index in [4.69, 9.17) is 14.2 Å². The van der Waals surface area contributed by atoms with Crippen LogP contribution in [0.15, 0.2) is 60.0 Å². The molecule has 2 saturated heterocycles. The van der Waals surface area contributed by atoms with E-state index in [1.807, 2.05) is 23.1 Å². The zero-order valence-corrected chi connectivity index (χ0v) is 24.9. The van der Waals surface area contributed by atoms with Crippen LogP contribution in [0.2, 0.25) is 0 Å². The maximum atomic E-state index is 13.8. The van der Waals surface area contributed by atoms with Crippen molar-refractivity contribution in [2.75, 3.05) is 54.1 Å². The van der Waals surface area contributed by atoms with E-state index in [1.165, 1.54) is 4.88 Å². The third kappa shape index (κ3) is 5.65. The summed E-state index contributed by atoms with van der Waals surface area (Å²) in [6, 6.07) is 17.8. The maximum absolute atomic E-state index is 13.8. The van der Waals surface area contributed by atoms with Crippen LogP contribution in [-0.4, -0.2) is 70.8 Å². The van der Waals surface area contributed by atoms with Gasteiger partial charge in [-0.2, -0.15) is 0 Å². The summed E-state index contributed by atoms with van der Waals surface area (Å²) in [5.41, 5.74) is 0.818. The number of methoxy groups -OCH3 is 3. The van der Waals surface area contributed by atoms with Gasteiger partial charge in [0.2, 0.25) is 11.7 Å². The zero-order valence-electron chi connectivity index (χ0n) is 24.0. The van der Waals surface area contributed by atoms with E-state index < -0.39 is 5.41 Å². The Morgan fingerprint density at radius 1 is 0.951 bits per heavy atom. The second-order valence-electron chi connectivity index (χ2n) is 10.9. The molecule has 2 aliphatic rings. The van der Waals surface area contributed by atoms with Gasteiger partial charge in [0.05, 0.1) is 26.7 Å². The number of hydrogen-bond donors (Lipinski definition) is 2. The molecule has 1 aromatic heterocycles. The van der Waals surface area contributed by atoms with Gasteiger partial charge in [0.15, 0.2) is 11.5 Å². The predicted molar refractivity (Wildman–Crippen MR) is 160 cm³/mol. The molecule has 41 heavy (non-hydrogen) atoms. The number of benzene rings is 2. The molecule has 2 aliphatic heterocycles. The normalized spacial score (nSPS) is 19.9. The van der Waals surface area contributed by atoms with E-state index in [2.05, 4.69) is 40.3 Å². The molecule has 8 nitrogen and oxygen atoms in total. The van der Waals surface area contributed by atoms with Gasteiger partial charge >= 0.3 is 0 Å². The minimum Gasteiger partial charge on any atom is -0.493 e. The highest BCUT2D eigenvalue weighted by Crippen LogP contribution is 2.42. The summed E-state index contributed by atoms with van der Waals surface area (Å²) in [6.07, 6.45) is 3.13. The van der Waals surface area contributed by atoms with Gasteiger partial charge in [-0.05, 0) is 67.9 Å². The fraction of sp³-hybridized carbons (Fsp3) is 0.438. The van der Waals surface area contributed by atoms with Crippen molar-refractivity contribution < 1.29 is 23.8 Å². The molecule has 3 aromatic rings. The van der Waals surface area contributed by atoms with Crippen LogP contribution in [0.1, 0.15) is 46.5 Å². The number of ether oxygens (including phenoxy) is 3.